The van der Waals surface area contributed by atoms with Crippen LogP contribution in [0, 0.1) is 5.82 Å². The first-order chi connectivity index (χ1) is 8.88. The second-order valence-corrected chi connectivity index (χ2v) is 4.46. The third kappa shape index (κ3) is 5.56. The topological polar surface area (TPSA) is 78.4 Å². The van der Waals surface area contributed by atoms with Crippen molar-refractivity contribution in [1.82, 2.24) is 5.32 Å². The van der Waals surface area contributed by atoms with Crippen LogP contribution < -0.4 is 10.6 Å². The summed E-state index contributed by atoms with van der Waals surface area (Å²) in [4.78, 5) is 22.0. The van der Waals surface area contributed by atoms with Gasteiger partial charge < -0.3 is 15.7 Å². The Hall–Kier alpha value is -1.82. The SMILES string of the molecule is CC(CCC(=O)O)NC(=O)Nc1cc(F)ccc1Cl. The van der Waals surface area contributed by atoms with E-state index in [0.29, 0.717) is 6.42 Å². The molecule has 0 saturated heterocycles. The largest absolute Gasteiger partial charge is 0.481 e. The molecule has 1 unspecified atom stereocenters. The van der Waals surface area contributed by atoms with Gasteiger partial charge in [-0.25, -0.2) is 9.18 Å². The van der Waals surface area contributed by atoms with Crippen LogP contribution in [-0.2, 0) is 4.79 Å². The van der Waals surface area contributed by atoms with Crippen LogP contribution in [-0.4, -0.2) is 23.1 Å². The van der Waals surface area contributed by atoms with Crippen LogP contribution in [0.2, 0.25) is 5.02 Å². The summed E-state index contributed by atoms with van der Waals surface area (Å²) < 4.78 is 13.0. The predicted octanol–water partition coefficient (Wildman–Crippen LogP) is 2.85. The number of carboxylic acids is 1. The summed E-state index contributed by atoms with van der Waals surface area (Å²) in [5.74, 6) is -1.44. The molecule has 1 rings (SSSR count). The van der Waals surface area contributed by atoms with Gasteiger partial charge in [0.2, 0.25) is 0 Å². The molecule has 1 aromatic carbocycles. The smallest absolute Gasteiger partial charge is 0.319 e. The first-order valence-corrected chi connectivity index (χ1v) is 6.00. The van der Waals surface area contributed by atoms with Crippen LogP contribution in [0.25, 0.3) is 0 Å². The number of aliphatic carboxylic acids is 1. The van der Waals surface area contributed by atoms with E-state index in [-0.39, 0.29) is 23.2 Å². The van der Waals surface area contributed by atoms with E-state index in [9.17, 15) is 14.0 Å². The van der Waals surface area contributed by atoms with Gasteiger partial charge in [0.05, 0.1) is 10.7 Å². The lowest BCUT2D eigenvalue weighted by molar-refractivity contribution is -0.137. The van der Waals surface area contributed by atoms with Crippen molar-refractivity contribution < 1.29 is 19.1 Å². The highest BCUT2D eigenvalue weighted by atomic mass is 35.5. The fraction of sp³-hybridized carbons (Fsp3) is 0.333. The van der Waals surface area contributed by atoms with E-state index in [0.717, 1.165) is 6.07 Å². The van der Waals surface area contributed by atoms with E-state index in [1.54, 1.807) is 6.92 Å². The van der Waals surface area contributed by atoms with E-state index >= 15 is 0 Å². The van der Waals surface area contributed by atoms with Gasteiger partial charge in [-0.1, -0.05) is 11.6 Å². The average molecular weight is 289 g/mol. The molecule has 7 heteroatoms. The van der Waals surface area contributed by atoms with Gasteiger partial charge in [-0.15, -0.1) is 0 Å². The number of nitrogens with one attached hydrogen (secondary N) is 2. The molecule has 0 saturated carbocycles. The van der Waals surface area contributed by atoms with Crippen molar-refractivity contribution in [2.75, 3.05) is 5.32 Å². The first-order valence-electron chi connectivity index (χ1n) is 5.63. The summed E-state index contributed by atoms with van der Waals surface area (Å²) in [6, 6.07) is 2.74. The quantitative estimate of drug-likeness (QED) is 0.779. The number of rotatable bonds is 5. The van der Waals surface area contributed by atoms with Crippen molar-refractivity contribution in [3.8, 4) is 0 Å². The lowest BCUT2D eigenvalue weighted by Crippen LogP contribution is -2.36. The van der Waals surface area contributed by atoms with E-state index in [1.165, 1.54) is 12.1 Å². The van der Waals surface area contributed by atoms with Crippen LogP contribution >= 0.6 is 11.6 Å². The van der Waals surface area contributed by atoms with Crippen molar-refractivity contribution in [1.29, 1.82) is 0 Å². The molecule has 0 fully saturated rings. The summed E-state index contributed by atoms with van der Waals surface area (Å²) in [6.45, 7) is 1.68. The van der Waals surface area contributed by atoms with Crippen LogP contribution in [0.1, 0.15) is 19.8 Å². The minimum absolute atomic E-state index is 0.0395. The molecule has 0 radical (unpaired) electrons. The molecule has 0 bridgehead atoms. The monoisotopic (exact) mass is 288 g/mol. The Balaban J connectivity index is 2.50. The van der Waals surface area contributed by atoms with E-state index in [4.69, 9.17) is 16.7 Å². The summed E-state index contributed by atoms with van der Waals surface area (Å²) >= 11 is 5.79. The molecule has 0 aliphatic carbocycles. The number of hydrogen-bond donors (Lipinski definition) is 3. The zero-order chi connectivity index (χ0) is 14.4. The van der Waals surface area contributed by atoms with Gasteiger partial charge in [0, 0.05) is 12.5 Å². The van der Waals surface area contributed by atoms with Crippen LogP contribution in [0.5, 0.6) is 0 Å². The summed E-state index contributed by atoms with van der Waals surface area (Å²) in [5, 5.41) is 13.7. The fourth-order valence-corrected chi connectivity index (χ4v) is 1.55. The van der Waals surface area contributed by atoms with Crippen molar-refractivity contribution in [3.05, 3.63) is 29.0 Å². The molecule has 19 heavy (non-hydrogen) atoms. The molecular formula is C12H14ClFN2O3. The molecule has 0 aliphatic heterocycles. The second kappa shape index (κ2) is 6.94. The number of carbonyl (C=O) groups excluding carboxylic acids is 1. The lowest BCUT2D eigenvalue weighted by Gasteiger charge is -2.14. The molecule has 5 nitrogen and oxygen atoms in total. The maximum atomic E-state index is 13.0. The highest BCUT2D eigenvalue weighted by Gasteiger charge is 2.11. The number of carboxylic acid groups (broad SMARTS) is 1. The molecule has 2 amide bonds. The highest BCUT2D eigenvalue weighted by Crippen LogP contribution is 2.22. The van der Waals surface area contributed by atoms with Crippen molar-refractivity contribution >= 4 is 29.3 Å². The molecule has 0 spiro atoms. The fourth-order valence-electron chi connectivity index (χ4n) is 1.39. The van der Waals surface area contributed by atoms with Gasteiger partial charge >= 0.3 is 12.0 Å². The molecule has 1 aromatic rings. The summed E-state index contributed by atoms with van der Waals surface area (Å²) in [5.41, 5.74) is 0.157. The molecule has 0 heterocycles. The third-order valence-electron chi connectivity index (χ3n) is 2.35. The van der Waals surface area contributed by atoms with E-state index < -0.39 is 17.8 Å². The Morgan fingerprint density at radius 3 is 2.79 bits per heavy atom. The van der Waals surface area contributed by atoms with Gasteiger partial charge in [-0.05, 0) is 31.5 Å². The molecular weight excluding hydrogens is 275 g/mol. The summed E-state index contributed by atoms with van der Waals surface area (Å²) in [7, 11) is 0. The summed E-state index contributed by atoms with van der Waals surface area (Å²) in [6.07, 6.45) is 0.266. The minimum Gasteiger partial charge on any atom is -0.481 e. The van der Waals surface area contributed by atoms with Gasteiger partial charge in [0.15, 0.2) is 0 Å². The Morgan fingerprint density at radius 1 is 1.47 bits per heavy atom. The van der Waals surface area contributed by atoms with E-state index in [1.807, 2.05) is 0 Å². The zero-order valence-corrected chi connectivity index (χ0v) is 11.0. The standard InChI is InChI=1S/C12H14ClFN2O3/c1-7(2-5-11(17)18)15-12(19)16-10-6-8(14)3-4-9(10)13/h3-4,6-7H,2,5H2,1H3,(H,17,18)(H2,15,16,19). The number of amides is 2. The van der Waals surface area contributed by atoms with Gasteiger partial charge in [-0.2, -0.15) is 0 Å². The number of anilines is 1. The highest BCUT2D eigenvalue weighted by molar-refractivity contribution is 6.33. The molecule has 1 atom stereocenters. The minimum atomic E-state index is -0.928. The Kier molecular flexibility index (Phi) is 5.57. The van der Waals surface area contributed by atoms with Gasteiger partial charge in [0.25, 0.3) is 0 Å². The Labute approximate surface area is 114 Å². The molecule has 3 N–H and O–H groups in total. The van der Waals surface area contributed by atoms with Crippen LogP contribution in [0.15, 0.2) is 18.2 Å². The number of carbonyl (C=O) groups is 2. The maximum absolute atomic E-state index is 13.0. The first kappa shape index (κ1) is 15.2. The number of benzene rings is 1. The number of halogens is 2. The maximum Gasteiger partial charge on any atom is 0.319 e. The van der Waals surface area contributed by atoms with Crippen LogP contribution in [0.4, 0.5) is 14.9 Å². The van der Waals surface area contributed by atoms with Crippen LogP contribution in [0.3, 0.4) is 0 Å². The average Bonchev–Trinajstić information content (AvgIpc) is 2.31. The van der Waals surface area contributed by atoms with Crippen molar-refractivity contribution in [2.24, 2.45) is 0 Å². The normalized spacial score (nSPS) is 11.7. The number of hydrogen-bond acceptors (Lipinski definition) is 2. The predicted molar refractivity (Wildman–Crippen MR) is 69.9 cm³/mol. The Morgan fingerprint density at radius 2 is 2.16 bits per heavy atom. The van der Waals surface area contributed by atoms with E-state index in [2.05, 4.69) is 10.6 Å². The van der Waals surface area contributed by atoms with Gasteiger partial charge in [-0.3, -0.25) is 4.79 Å². The lowest BCUT2D eigenvalue weighted by atomic mass is 10.2. The number of urea groups is 1. The molecule has 104 valence electrons. The Bertz CT molecular complexity index is 482. The van der Waals surface area contributed by atoms with Gasteiger partial charge in [0.1, 0.15) is 5.82 Å². The van der Waals surface area contributed by atoms with Crippen molar-refractivity contribution in [2.45, 2.75) is 25.8 Å². The molecule has 0 aliphatic rings. The molecule has 0 aromatic heterocycles. The zero-order valence-electron chi connectivity index (χ0n) is 10.2. The third-order valence-corrected chi connectivity index (χ3v) is 2.67. The van der Waals surface area contributed by atoms with Crippen molar-refractivity contribution in [3.63, 3.8) is 0 Å². The second-order valence-electron chi connectivity index (χ2n) is 4.06.